The van der Waals surface area contributed by atoms with Crippen molar-refractivity contribution < 1.29 is 23.1 Å². The maximum atomic E-state index is 7.56. The normalized spacial score (nSPS) is 8.85. The fourth-order valence-corrected chi connectivity index (χ4v) is 1.47. The van der Waals surface area contributed by atoms with Crippen molar-refractivity contribution in [1.29, 1.82) is 0 Å². The van der Waals surface area contributed by atoms with Crippen molar-refractivity contribution in [2.24, 2.45) is 11.5 Å². The van der Waals surface area contributed by atoms with Gasteiger partial charge in [0.1, 0.15) is 0 Å². The third-order valence-electron chi connectivity index (χ3n) is 1.57. The first kappa shape index (κ1) is 24.5. The molecule has 0 heterocycles. The Hall–Kier alpha value is -0.523. The second-order valence-corrected chi connectivity index (χ2v) is 6.02. The Kier molecular flexibility index (Phi) is 25.5. The van der Waals surface area contributed by atoms with Gasteiger partial charge < -0.3 is 34.6 Å². The van der Waals surface area contributed by atoms with Crippen LogP contribution in [-0.2, 0) is 18.0 Å². The highest BCUT2D eigenvalue weighted by molar-refractivity contribution is 7.80. The summed E-state index contributed by atoms with van der Waals surface area (Å²) in [7, 11) is 3.05. The van der Waals surface area contributed by atoms with Crippen molar-refractivity contribution in [2.75, 3.05) is 27.9 Å². The van der Waals surface area contributed by atoms with E-state index in [1.54, 1.807) is 21.3 Å². The van der Waals surface area contributed by atoms with Crippen molar-refractivity contribution in [1.82, 2.24) is 0 Å². The third kappa shape index (κ3) is 36.0. The molecule has 7 nitrogen and oxygen atoms in total. The predicted octanol–water partition coefficient (Wildman–Crippen LogP) is 0.868. The van der Waals surface area contributed by atoms with Crippen molar-refractivity contribution in [3.63, 3.8) is 0 Å². The topological polar surface area (TPSA) is 109 Å². The van der Waals surface area contributed by atoms with Gasteiger partial charge in [-0.2, -0.15) is 0 Å². The van der Waals surface area contributed by atoms with Crippen molar-refractivity contribution in [3.8, 4) is 0 Å². The quantitative estimate of drug-likeness (QED) is 0.351. The number of hydrogen-bond acceptors (Lipinski definition) is 6. The van der Waals surface area contributed by atoms with Crippen LogP contribution in [0.2, 0.25) is 0 Å². The number of hydrogen-bond donors (Lipinski definition) is 3. The summed E-state index contributed by atoms with van der Waals surface area (Å²) in [5.74, 6) is 0. The summed E-state index contributed by atoms with van der Waals surface area (Å²) in [5, 5.41) is 7.22. The van der Waals surface area contributed by atoms with Gasteiger partial charge in [-0.1, -0.05) is 19.8 Å². The lowest BCUT2D eigenvalue weighted by molar-refractivity contribution is 0.163. The van der Waals surface area contributed by atoms with Gasteiger partial charge in [-0.25, -0.2) is 0 Å². The molecule has 0 aliphatic rings. The first-order valence-electron chi connectivity index (χ1n) is 5.84. The smallest absolute Gasteiger partial charge is 0.483 e. The molecule has 0 spiro atoms. The van der Waals surface area contributed by atoms with Crippen LogP contribution < -0.4 is 11.5 Å². The van der Waals surface area contributed by atoms with E-state index in [2.05, 4.69) is 37.1 Å². The molecule has 0 aliphatic heterocycles. The Morgan fingerprint density at radius 2 is 1.45 bits per heavy atom. The van der Waals surface area contributed by atoms with Crippen LogP contribution in [-0.4, -0.2) is 52.9 Å². The molecule has 0 amide bonds. The molecule has 0 saturated heterocycles. The van der Waals surface area contributed by atoms with Crippen LogP contribution in [0.3, 0.4) is 0 Å². The molecule has 10 heteroatoms. The molecular formula is C10H26N2O5S2Si. The molecule has 0 bridgehead atoms. The molecule has 0 aromatic heterocycles. The Labute approximate surface area is 133 Å². The molecule has 0 radical (unpaired) electrons. The minimum absolute atomic E-state index is 0.158. The van der Waals surface area contributed by atoms with Gasteiger partial charge in [0, 0.05) is 21.3 Å². The number of ether oxygens (including phenoxy) is 1. The Morgan fingerprint density at radius 3 is 1.65 bits per heavy atom. The summed E-state index contributed by atoms with van der Waals surface area (Å²) in [4.78, 5) is 0. The summed E-state index contributed by atoms with van der Waals surface area (Å²) in [6.07, 6.45) is 3.43. The molecule has 0 fully saturated rings. The monoisotopic (exact) mass is 346 g/mol. The molecule has 0 saturated carbocycles. The summed E-state index contributed by atoms with van der Waals surface area (Å²) in [5.41, 5.74) is 9.48. The van der Waals surface area contributed by atoms with E-state index in [-0.39, 0.29) is 5.17 Å². The van der Waals surface area contributed by atoms with E-state index in [0.717, 1.165) is 6.42 Å². The zero-order valence-corrected chi connectivity index (χ0v) is 15.2. The number of aliphatic hydroxyl groups is 1. The van der Waals surface area contributed by atoms with Gasteiger partial charge in [-0.15, -0.1) is 0 Å². The maximum absolute atomic E-state index is 7.56. The second kappa shape index (κ2) is 20.8. The van der Waals surface area contributed by atoms with Gasteiger partial charge in [0.05, 0.1) is 6.61 Å². The van der Waals surface area contributed by atoms with Crippen LogP contribution in [0.1, 0.15) is 26.2 Å². The molecule has 0 rings (SSSR count). The first-order valence-corrected chi connectivity index (χ1v) is 8.07. The van der Waals surface area contributed by atoms with Gasteiger partial charge in [-0.05, 0) is 30.9 Å². The van der Waals surface area contributed by atoms with E-state index in [4.69, 9.17) is 28.9 Å². The van der Waals surface area contributed by atoms with Crippen LogP contribution in [0.25, 0.3) is 0 Å². The standard InChI is InChI=1S/C6H13NOS.C3H10O3Si.CH3NOS/c1-2-3-4-5-8-6(7)9;1-4-7(5-2)6-3;2-1(3)4/h2-5H2,1H3,(H2,7,9);7H,1-3H3;(H3,2,3,4). The fraction of sp³-hybridized carbons (Fsp3) is 0.800. The molecule has 5 N–H and O–H groups in total. The minimum atomic E-state index is -1.67. The van der Waals surface area contributed by atoms with Gasteiger partial charge in [-0.3, -0.25) is 0 Å². The number of rotatable bonds is 7. The third-order valence-corrected chi connectivity index (χ3v) is 2.84. The lowest BCUT2D eigenvalue weighted by Crippen LogP contribution is -2.21. The zero-order chi connectivity index (χ0) is 16.4. The SMILES string of the molecule is CCCCCOC(N)=S.CO[SiH](OC)OC.NC(O)=S. The van der Waals surface area contributed by atoms with Crippen LogP contribution in [0, 0.1) is 0 Å². The lowest BCUT2D eigenvalue weighted by Gasteiger charge is -2.05. The second-order valence-electron chi connectivity index (χ2n) is 3.21. The molecule has 20 heavy (non-hydrogen) atoms. The van der Waals surface area contributed by atoms with E-state index >= 15 is 0 Å². The van der Waals surface area contributed by atoms with E-state index in [1.807, 2.05) is 0 Å². The van der Waals surface area contributed by atoms with Crippen LogP contribution in [0.4, 0.5) is 0 Å². The molecule has 0 aromatic rings. The van der Waals surface area contributed by atoms with E-state index in [1.165, 1.54) is 12.8 Å². The minimum Gasteiger partial charge on any atom is -0.487 e. The lowest BCUT2D eigenvalue weighted by atomic mass is 10.3. The molecule has 0 atom stereocenters. The Balaban J connectivity index is -0.000000234. The highest BCUT2D eigenvalue weighted by Crippen LogP contribution is 1.93. The summed E-state index contributed by atoms with van der Waals surface area (Å²) in [6, 6.07) is 0. The fourth-order valence-electron chi connectivity index (χ4n) is 0.813. The molecule has 0 aliphatic carbocycles. The predicted molar refractivity (Wildman–Crippen MR) is 89.9 cm³/mol. The average Bonchev–Trinajstić information content (AvgIpc) is 2.37. The number of unbranched alkanes of at least 4 members (excludes halogenated alkanes) is 2. The highest BCUT2D eigenvalue weighted by atomic mass is 32.1. The summed E-state index contributed by atoms with van der Waals surface area (Å²) < 4.78 is 19.1. The molecule has 122 valence electrons. The largest absolute Gasteiger partial charge is 0.487 e. The van der Waals surface area contributed by atoms with Crippen LogP contribution >= 0.6 is 24.4 Å². The van der Waals surface area contributed by atoms with Crippen molar-refractivity contribution >= 4 is 44.3 Å². The van der Waals surface area contributed by atoms with Gasteiger partial charge in [0.15, 0.2) is 0 Å². The van der Waals surface area contributed by atoms with Crippen LogP contribution in [0.5, 0.6) is 0 Å². The molecule has 0 unspecified atom stereocenters. The van der Waals surface area contributed by atoms with Gasteiger partial charge in [0.25, 0.3) is 10.3 Å². The number of nitrogens with two attached hydrogens (primary N) is 2. The summed E-state index contributed by atoms with van der Waals surface area (Å²) >= 11 is 8.37. The number of aliphatic hydroxyl groups excluding tert-OH is 1. The summed E-state index contributed by atoms with van der Waals surface area (Å²) in [6.45, 7) is 2.81. The average molecular weight is 347 g/mol. The molecular weight excluding hydrogens is 320 g/mol. The zero-order valence-electron chi connectivity index (χ0n) is 12.5. The van der Waals surface area contributed by atoms with Crippen molar-refractivity contribution in [2.45, 2.75) is 26.2 Å². The van der Waals surface area contributed by atoms with E-state index in [9.17, 15) is 0 Å². The van der Waals surface area contributed by atoms with Crippen molar-refractivity contribution in [3.05, 3.63) is 0 Å². The Bertz CT molecular complexity index is 224. The van der Waals surface area contributed by atoms with Gasteiger partial charge >= 0.3 is 9.53 Å². The van der Waals surface area contributed by atoms with E-state index < -0.39 is 14.7 Å². The first-order chi connectivity index (χ1) is 9.35. The van der Waals surface area contributed by atoms with Crippen LogP contribution in [0.15, 0.2) is 0 Å². The van der Waals surface area contributed by atoms with Gasteiger partial charge in [0.2, 0.25) is 0 Å². The highest BCUT2D eigenvalue weighted by Gasteiger charge is 2.04. The molecule has 0 aromatic carbocycles. The Morgan fingerprint density at radius 1 is 1.05 bits per heavy atom. The van der Waals surface area contributed by atoms with E-state index in [0.29, 0.717) is 6.61 Å². The maximum Gasteiger partial charge on any atom is 0.483 e. The number of thiocarbonyl (C=S) groups is 2.